The molecule has 1 aromatic heterocycles. The van der Waals surface area contributed by atoms with Crippen LogP contribution in [0, 0.1) is 10.1 Å². The van der Waals surface area contributed by atoms with E-state index >= 15 is 0 Å². The van der Waals surface area contributed by atoms with Crippen LogP contribution in [-0.4, -0.2) is 51.7 Å². The topological polar surface area (TPSA) is 93.3 Å². The van der Waals surface area contributed by atoms with Crippen LogP contribution < -0.4 is 5.32 Å². The highest BCUT2D eigenvalue weighted by atomic mass is 16.6. The van der Waals surface area contributed by atoms with Crippen LogP contribution in [0.1, 0.15) is 23.3 Å². The third-order valence-electron chi connectivity index (χ3n) is 4.23. The number of piperidine rings is 1. The molecule has 0 saturated carbocycles. The Morgan fingerprint density at radius 3 is 3.00 bits per heavy atom. The number of likely N-dealkylation sites (N-methyl/N-ethyl adjacent to an activating group) is 1. The van der Waals surface area contributed by atoms with Gasteiger partial charge in [0, 0.05) is 37.5 Å². The Morgan fingerprint density at radius 1 is 1.42 bits per heavy atom. The summed E-state index contributed by atoms with van der Waals surface area (Å²) < 4.78 is 1.49. The number of nitro groups is 1. The number of nitro benzene ring substituents is 1. The number of amides is 1. The van der Waals surface area contributed by atoms with Crippen LogP contribution in [0.3, 0.4) is 0 Å². The molecule has 126 valence electrons. The summed E-state index contributed by atoms with van der Waals surface area (Å²) in [6, 6.07) is 8.11. The van der Waals surface area contributed by atoms with Crippen molar-refractivity contribution in [1.29, 1.82) is 0 Å². The second-order valence-electron chi connectivity index (χ2n) is 5.80. The van der Waals surface area contributed by atoms with Gasteiger partial charge in [-0.15, -0.1) is 0 Å². The smallest absolute Gasteiger partial charge is 0.274 e. The molecular formula is C16H19N5O3. The number of hydrogen-bond donors (Lipinski definition) is 1. The second-order valence-corrected chi connectivity index (χ2v) is 5.80. The average molecular weight is 329 g/mol. The minimum Gasteiger partial charge on any atom is -0.336 e. The molecule has 1 aromatic carbocycles. The lowest BCUT2D eigenvalue weighted by Crippen LogP contribution is -2.47. The Morgan fingerprint density at radius 2 is 2.25 bits per heavy atom. The second kappa shape index (κ2) is 6.79. The van der Waals surface area contributed by atoms with Gasteiger partial charge in [0.25, 0.3) is 11.6 Å². The van der Waals surface area contributed by atoms with Gasteiger partial charge in [0.15, 0.2) is 5.69 Å². The van der Waals surface area contributed by atoms with E-state index < -0.39 is 4.92 Å². The maximum absolute atomic E-state index is 12.6. The van der Waals surface area contributed by atoms with Crippen LogP contribution in [0.4, 0.5) is 5.69 Å². The van der Waals surface area contributed by atoms with E-state index in [2.05, 4.69) is 10.4 Å². The van der Waals surface area contributed by atoms with E-state index in [1.54, 1.807) is 29.3 Å². The molecule has 0 radical (unpaired) electrons. The molecule has 1 saturated heterocycles. The van der Waals surface area contributed by atoms with Crippen molar-refractivity contribution in [3.63, 3.8) is 0 Å². The van der Waals surface area contributed by atoms with E-state index in [-0.39, 0.29) is 11.6 Å². The third-order valence-corrected chi connectivity index (χ3v) is 4.23. The fourth-order valence-electron chi connectivity index (χ4n) is 2.89. The van der Waals surface area contributed by atoms with Gasteiger partial charge in [-0.25, -0.2) is 4.68 Å². The van der Waals surface area contributed by atoms with E-state index in [1.807, 2.05) is 7.05 Å². The van der Waals surface area contributed by atoms with Crippen molar-refractivity contribution in [2.45, 2.75) is 18.9 Å². The number of likely N-dealkylation sites (tertiary alicyclic amines) is 1. The largest absolute Gasteiger partial charge is 0.336 e. The van der Waals surface area contributed by atoms with Gasteiger partial charge < -0.3 is 10.2 Å². The van der Waals surface area contributed by atoms with Crippen LogP contribution in [-0.2, 0) is 0 Å². The summed E-state index contributed by atoms with van der Waals surface area (Å²) in [5.41, 5.74) is 0.886. The zero-order chi connectivity index (χ0) is 17.1. The first kappa shape index (κ1) is 16.1. The molecule has 1 unspecified atom stereocenters. The molecule has 0 aliphatic carbocycles. The first-order valence-corrected chi connectivity index (χ1v) is 7.85. The molecular weight excluding hydrogens is 310 g/mol. The van der Waals surface area contributed by atoms with E-state index in [0.717, 1.165) is 19.4 Å². The van der Waals surface area contributed by atoms with Gasteiger partial charge in [0.05, 0.1) is 10.6 Å². The van der Waals surface area contributed by atoms with Crippen molar-refractivity contribution < 1.29 is 9.72 Å². The number of carbonyl (C=O) groups excluding carboxylic acids is 1. The molecule has 2 heterocycles. The van der Waals surface area contributed by atoms with E-state index in [1.165, 1.54) is 16.8 Å². The van der Waals surface area contributed by atoms with Crippen LogP contribution in [0.2, 0.25) is 0 Å². The van der Waals surface area contributed by atoms with Crippen molar-refractivity contribution in [1.82, 2.24) is 20.0 Å². The van der Waals surface area contributed by atoms with Gasteiger partial charge >= 0.3 is 0 Å². The fourth-order valence-corrected chi connectivity index (χ4v) is 2.89. The molecule has 1 aliphatic heterocycles. The van der Waals surface area contributed by atoms with E-state index in [0.29, 0.717) is 24.0 Å². The van der Waals surface area contributed by atoms with Crippen molar-refractivity contribution in [3.8, 4) is 5.69 Å². The number of aromatic nitrogens is 2. The van der Waals surface area contributed by atoms with Crippen LogP contribution >= 0.6 is 0 Å². The number of hydrogen-bond acceptors (Lipinski definition) is 5. The highest BCUT2D eigenvalue weighted by Crippen LogP contribution is 2.17. The Labute approximate surface area is 139 Å². The van der Waals surface area contributed by atoms with Gasteiger partial charge in [-0.1, -0.05) is 6.07 Å². The van der Waals surface area contributed by atoms with Crippen LogP contribution in [0.25, 0.3) is 5.69 Å². The minimum atomic E-state index is -0.454. The fraction of sp³-hybridized carbons (Fsp3) is 0.375. The summed E-state index contributed by atoms with van der Waals surface area (Å²) in [5.74, 6) is -0.112. The maximum Gasteiger partial charge on any atom is 0.274 e. The molecule has 1 amide bonds. The average Bonchev–Trinajstić information content (AvgIpc) is 3.11. The summed E-state index contributed by atoms with van der Waals surface area (Å²) in [6.07, 6.45) is 3.66. The molecule has 1 N–H and O–H groups in total. The first-order chi connectivity index (χ1) is 11.6. The summed E-state index contributed by atoms with van der Waals surface area (Å²) in [5, 5.41) is 18.4. The summed E-state index contributed by atoms with van der Waals surface area (Å²) in [6.45, 7) is 1.39. The zero-order valence-electron chi connectivity index (χ0n) is 13.4. The Hall–Kier alpha value is -2.74. The minimum absolute atomic E-state index is 0.0104. The van der Waals surface area contributed by atoms with Crippen LogP contribution in [0.15, 0.2) is 36.5 Å². The van der Waals surface area contributed by atoms with E-state index in [9.17, 15) is 14.9 Å². The predicted molar refractivity (Wildman–Crippen MR) is 88.2 cm³/mol. The lowest BCUT2D eigenvalue weighted by Gasteiger charge is -2.32. The quantitative estimate of drug-likeness (QED) is 0.679. The first-order valence-electron chi connectivity index (χ1n) is 7.85. The molecule has 8 nitrogen and oxygen atoms in total. The molecule has 1 fully saturated rings. The summed E-state index contributed by atoms with van der Waals surface area (Å²) in [7, 11) is 1.90. The molecule has 1 aliphatic rings. The summed E-state index contributed by atoms with van der Waals surface area (Å²) in [4.78, 5) is 24.8. The Kier molecular flexibility index (Phi) is 4.57. The third kappa shape index (κ3) is 3.28. The number of nitrogens with zero attached hydrogens (tertiary/aromatic N) is 4. The number of rotatable bonds is 4. The molecule has 0 spiro atoms. The molecule has 2 aromatic rings. The zero-order valence-corrected chi connectivity index (χ0v) is 13.4. The van der Waals surface area contributed by atoms with Gasteiger partial charge in [0.1, 0.15) is 0 Å². The lowest BCUT2D eigenvalue weighted by atomic mass is 10.1. The van der Waals surface area contributed by atoms with Crippen molar-refractivity contribution in [2.24, 2.45) is 0 Å². The van der Waals surface area contributed by atoms with Gasteiger partial charge in [0.2, 0.25) is 0 Å². The highest BCUT2D eigenvalue weighted by molar-refractivity contribution is 5.92. The van der Waals surface area contributed by atoms with Crippen molar-refractivity contribution >= 4 is 11.6 Å². The molecule has 24 heavy (non-hydrogen) atoms. The number of nitrogens with one attached hydrogen (secondary N) is 1. The van der Waals surface area contributed by atoms with Gasteiger partial charge in [-0.05, 0) is 32.0 Å². The van der Waals surface area contributed by atoms with E-state index in [4.69, 9.17) is 0 Å². The number of carbonyl (C=O) groups is 1. The Bertz CT molecular complexity index is 758. The molecule has 8 heteroatoms. The molecule has 0 bridgehead atoms. The van der Waals surface area contributed by atoms with Gasteiger partial charge in [-0.3, -0.25) is 14.9 Å². The van der Waals surface area contributed by atoms with Crippen molar-refractivity contribution in [3.05, 3.63) is 52.3 Å². The van der Waals surface area contributed by atoms with Crippen LogP contribution in [0.5, 0.6) is 0 Å². The normalized spacial score (nSPS) is 17.7. The SMILES string of the molecule is CNC1CCCN(C(=O)c2ccn(-c3cccc([N+](=O)[O-])c3)n2)C1. The highest BCUT2D eigenvalue weighted by Gasteiger charge is 2.25. The molecule has 3 rings (SSSR count). The summed E-state index contributed by atoms with van der Waals surface area (Å²) >= 11 is 0. The van der Waals surface area contributed by atoms with Gasteiger partial charge in [-0.2, -0.15) is 5.10 Å². The molecule has 1 atom stereocenters. The predicted octanol–water partition coefficient (Wildman–Crippen LogP) is 1.60. The number of benzene rings is 1. The Balaban J connectivity index is 1.79. The standard InChI is InChI=1S/C16H19N5O3/c1-17-12-4-3-8-19(11-12)16(22)15-7-9-20(18-15)13-5-2-6-14(10-13)21(23)24/h2,5-7,9-10,12,17H,3-4,8,11H2,1H3. The monoisotopic (exact) mass is 329 g/mol. The number of non-ortho nitro benzene ring substituents is 1. The van der Waals surface area contributed by atoms with Crippen molar-refractivity contribution in [2.75, 3.05) is 20.1 Å². The lowest BCUT2D eigenvalue weighted by molar-refractivity contribution is -0.384. The maximum atomic E-state index is 12.6.